The molecule has 14 heavy (non-hydrogen) atoms. The van der Waals surface area contributed by atoms with Crippen LogP contribution in [0.25, 0.3) is 0 Å². The van der Waals surface area contributed by atoms with E-state index in [0.29, 0.717) is 0 Å². The van der Waals surface area contributed by atoms with E-state index >= 15 is 0 Å². The van der Waals surface area contributed by atoms with E-state index in [1.165, 1.54) is 0 Å². The minimum Gasteiger partial charge on any atom is -0.456 e. The van der Waals surface area contributed by atoms with E-state index in [4.69, 9.17) is 4.74 Å². The average Bonchev–Trinajstić information content (AvgIpc) is 2.00. The first-order valence-electron chi connectivity index (χ1n) is 3.85. The van der Waals surface area contributed by atoms with Crippen LogP contribution >= 0.6 is 0 Å². The van der Waals surface area contributed by atoms with Crippen molar-refractivity contribution in [1.82, 2.24) is 0 Å². The zero-order chi connectivity index (χ0) is 11.4. The Morgan fingerprint density at radius 1 is 1.21 bits per heavy atom. The molecule has 5 nitrogen and oxygen atoms in total. The summed E-state index contributed by atoms with van der Waals surface area (Å²) in [4.78, 5) is 31.7. The first-order chi connectivity index (χ1) is 6.28. The molecule has 0 radical (unpaired) electrons. The Labute approximate surface area is 81.7 Å². The van der Waals surface area contributed by atoms with Crippen LogP contribution in [0.15, 0.2) is 12.2 Å². The molecule has 0 N–H and O–H groups in total. The highest BCUT2D eigenvalue weighted by molar-refractivity contribution is 6.14. The molecule has 0 saturated carbocycles. The normalized spacial score (nSPS) is 10.2. The van der Waals surface area contributed by atoms with E-state index in [0.717, 1.165) is 0 Å². The van der Waals surface area contributed by atoms with Gasteiger partial charge in [0.25, 0.3) is 0 Å². The molecule has 0 aliphatic heterocycles. The second-order valence-corrected chi connectivity index (χ2v) is 3.48. The van der Waals surface area contributed by atoms with Gasteiger partial charge >= 0.3 is 18.4 Å². The third kappa shape index (κ3) is 4.39. The number of hydrogen-bond donors (Lipinski definition) is 0. The Hall–Kier alpha value is -1.65. The van der Waals surface area contributed by atoms with E-state index in [1.807, 2.05) is 0 Å². The third-order valence-corrected chi connectivity index (χ3v) is 1.05. The van der Waals surface area contributed by atoms with Crippen molar-refractivity contribution in [2.24, 2.45) is 0 Å². The van der Waals surface area contributed by atoms with Crippen LogP contribution in [0, 0.1) is 0 Å². The van der Waals surface area contributed by atoms with Gasteiger partial charge in [-0.2, -0.15) is 0 Å². The molecule has 78 valence electrons. The van der Waals surface area contributed by atoms with Gasteiger partial charge in [0.05, 0.1) is 0 Å². The van der Waals surface area contributed by atoms with Gasteiger partial charge < -0.3 is 9.47 Å². The van der Waals surface area contributed by atoms with E-state index < -0.39 is 23.1 Å². The first kappa shape index (κ1) is 12.3. The lowest BCUT2D eigenvalue weighted by atomic mass is 10.2. The average molecular weight is 200 g/mol. The molecule has 0 heterocycles. The fraction of sp³-hybridized carbons (Fsp3) is 0.444. The van der Waals surface area contributed by atoms with Gasteiger partial charge in [0.15, 0.2) is 0 Å². The van der Waals surface area contributed by atoms with Crippen LogP contribution in [0.2, 0.25) is 0 Å². The Morgan fingerprint density at radius 3 is 2.07 bits per heavy atom. The summed E-state index contributed by atoms with van der Waals surface area (Å²) in [6.07, 6.45) is 0. The monoisotopic (exact) mass is 200 g/mol. The lowest BCUT2D eigenvalue weighted by Gasteiger charge is -2.19. The third-order valence-electron chi connectivity index (χ3n) is 1.05. The van der Waals surface area contributed by atoms with Crippen molar-refractivity contribution in [2.75, 3.05) is 0 Å². The molecule has 0 aliphatic rings. The van der Waals surface area contributed by atoms with Gasteiger partial charge in [0.2, 0.25) is 0 Å². The minimum absolute atomic E-state index is 0.0715. The molecule has 0 fully saturated rings. The molecule has 0 amide bonds. The molecule has 0 unspecified atom stereocenters. The SMILES string of the molecule is C=C(C(=O)OC=O)C(=O)OC(C)(C)C. The maximum absolute atomic E-state index is 11.1. The van der Waals surface area contributed by atoms with Crippen molar-refractivity contribution in [3.8, 4) is 0 Å². The van der Waals surface area contributed by atoms with Crippen LogP contribution in [0.1, 0.15) is 20.8 Å². The second kappa shape index (κ2) is 4.55. The van der Waals surface area contributed by atoms with Crippen LogP contribution < -0.4 is 0 Å². The second-order valence-electron chi connectivity index (χ2n) is 3.48. The summed E-state index contributed by atoms with van der Waals surface area (Å²) in [5.41, 5.74) is -1.23. The van der Waals surface area contributed by atoms with Crippen molar-refractivity contribution >= 4 is 18.4 Å². The fourth-order valence-corrected chi connectivity index (χ4v) is 0.538. The maximum Gasteiger partial charge on any atom is 0.352 e. The van der Waals surface area contributed by atoms with Gasteiger partial charge in [-0.1, -0.05) is 6.58 Å². The summed E-state index contributed by atoms with van der Waals surface area (Å²) < 4.78 is 8.73. The molecule has 0 saturated heterocycles. The molecule has 0 aromatic rings. The summed E-state index contributed by atoms with van der Waals surface area (Å²) in [6, 6.07) is 0. The minimum atomic E-state index is -1.10. The van der Waals surface area contributed by atoms with Crippen molar-refractivity contribution in [3.05, 3.63) is 12.2 Å². The topological polar surface area (TPSA) is 69.7 Å². The van der Waals surface area contributed by atoms with E-state index in [1.54, 1.807) is 20.8 Å². The highest BCUT2D eigenvalue weighted by atomic mass is 16.6. The predicted molar refractivity (Wildman–Crippen MR) is 47.1 cm³/mol. The molecule has 0 aromatic heterocycles. The highest BCUT2D eigenvalue weighted by Crippen LogP contribution is 2.10. The lowest BCUT2D eigenvalue weighted by molar-refractivity contribution is -0.155. The molecule has 0 aromatic carbocycles. The Kier molecular flexibility index (Phi) is 4.01. The summed E-state index contributed by atoms with van der Waals surface area (Å²) in [6.45, 7) is 8.00. The van der Waals surface area contributed by atoms with Gasteiger partial charge in [-0.3, -0.25) is 4.79 Å². The maximum atomic E-state index is 11.1. The zero-order valence-electron chi connectivity index (χ0n) is 8.33. The number of rotatable bonds is 3. The summed E-state index contributed by atoms with van der Waals surface area (Å²) in [5, 5.41) is 0. The quantitative estimate of drug-likeness (QED) is 0.219. The molecular weight excluding hydrogens is 188 g/mol. The van der Waals surface area contributed by atoms with Gasteiger partial charge in [0.1, 0.15) is 11.2 Å². The van der Waals surface area contributed by atoms with Crippen molar-refractivity contribution in [1.29, 1.82) is 0 Å². The molecule has 0 rings (SSSR count). The number of esters is 2. The fourth-order valence-electron chi connectivity index (χ4n) is 0.538. The smallest absolute Gasteiger partial charge is 0.352 e. The van der Waals surface area contributed by atoms with Gasteiger partial charge in [-0.05, 0) is 20.8 Å². The number of hydrogen-bond acceptors (Lipinski definition) is 5. The van der Waals surface area contributed by atoms with Gasteiger partial charge in [0, 0.05) is 0 Å². The van der Waals surface area contributed by atoms with Crippen LogP contribution in [-0.2, 0) is 23.9 Å². The Balaban J connectivity index is 4.34. The predicted octanol–water partition coefficient (Wildman–Crippen LogP) is 0.584. The Morgan fingerprint density at radius 2 is 1.71 bits per heavy atom. The highest BCUT2D eigenvalue weighted by Gasteiger charge is 2.23. The Bertz CT molecular complexity index is 271. The molecule has 0 bridgehead atoms. The van der Waals surface area contributed by atoms with E-state index in [9.17, 15) is 14.4 Å². The number of carbonyl (C=O) groups excluding carboxylic acids is 3. The zero-order valence-corrected chi connectivity index (χ0v) is 8.33. The van der Waals surface area contributed by atoms with Gasteiger partial charge in [-0.25, -0.2) is 9.59 Å². The summed E-state index contributed by atoms with van der Waals surface area (Å²) in [7, 11) is 0. The number of ether oxygens (including phenoxy) is 2. The van der Waals surface area contributed by atoms with Crippen molar-refractivity contribution in [2.45, 2.75) is 26.4 Å². The molecule has 0 spiro atoms. The van der Waals surface area contributed by atoms with Gasteiger partial charge in [-0.15, -0.1) is 0 Å². The summed E-state index contributed by atoms with van der Waals surface area (Å²) in [5.74, 6) is -2.00. The van der Waals surface area contributed by atoms with Crippen LogP contribution in [0.3, 0.4) is 0 Å². The molecular formula is C9H12O5. The molecule has 0 atom stereocenters. The van der Waals surface area contributed by atoms with Crippen molar-refractivity contribution < 1.29 is 23.9 Å². The van der Waals surface area contributed by atoms with Crippen LogP contribution in [-0.4, -0.2) is 24.0 Å². The largest absolute Gasteiger partial charge is 0.456 e. The summed E-state index contributed by atoms with van der Waals surface area (Å²) >= 11 is 0. The van der Waals surface area contributed by atoms with E-state index in [2.05, 4.69) is 11.3 Å². The van der Waals surface area contributed by atoms with Crippen LogP contribution in [0.5, 0.6) is 0 Å². The molecule has 5 heteroatoms. The number of carbonyl (C=O) groups is 3. The standard InChI is InChI=1S/C9H12O5/c1-6(7(11)13-5-10)8(12)14-9(2,3)4/h5H,1H2,2-4H3. The molecule has 0 aliphatic carbocycles. The lowest BCUT2D eigenvalue weighted by Crippen LogP contribution is -2.27. The van der Waals surface area contributed by atoms with E-state index in [-0.39, 0.29) is 6.47 Å². The van der Waals surface area contributed by atoms with Crippen LogP contribution in [0.4, 0.5) is 0 Å². The van der Waals surface area contributed by atoms with Crippen molar-refractivity contribution in [3.63, 3.8) is 0 Å². The first-order valence-corrected chi connectivity index (χ1v) is 3.85.